The standard InChI is InChI=1S/C27H33N3O5/c1-4-16-34-23-15-14-20(25(19(23)3)35-17-10-9-13-24(31)28-5-2)18-22-26(32)29-30(27(22)33)21-11-7-6-8-12-21/h6-8,11-12,14-15,18H,4-5,9-10,13,16-17H2,1-3H3,(H,28,31)(H,29,32). The molecule has 0 radical (unpaired) electrons. The molecule has 0 unspecified atom stereocenters. The predicted octanol–water partition coefficient (Wildman–Crippen LogP) is 3.93. The van der Waals surface area contributed by atoms with Gasteiger partial charge in [0.15, 0.2) is 0 Å². The van der Waals surface area contributed by atoms with Gasteiger partial charge in [0.25, 0.3) is 11.8 Å². The molecular weight excluding hydrogens is 446 g/mol. The molecule has 8 heteroatoms. The van der Waals surface area contributed by atoms with Gasteiger partial charge >= 0.3 is 0 Å². The SMILES string of the molecule is CCCOc1ccc(C=C2C(=O)NN(c3ccccc3)C2=O)c(OCCCCC(=O)NCC)c1C. The Morgan fingerprint density at radius 3 is 2.51 bits per heavy atom. The second-order valence-corrected chi connectivity index (χ2v) is 8.19. The van der Waals surface area contributed by atoms with Gasteiger partial charge in [-0.05, 0) is 63.5 Å². The Kier molecular flexibility index (Phi) is 9.29. The average molecular weight is 480 g/mol. The van der Waals surface area contributed by atoms with Gasteiger partial charge in [0.1, 0.15) is 17.1 Å². The molecule has 0 atom stereocenters. The van der Waals surface area contributed by atoms with Crippen molar-refractivity contribution in [1.82, 2.24) is 10.7 Å². The number of nitrogens with zero attached hydrogens (tertiary/aromatic N) is 1. The maximum absolute atomic E-state index is 13.0. The van der Waals surface area contributed by atoms with Crippen molar-refractivity contribution in [3.8, 4) is 11.5 Å². The van der Waals surface area contributed by atoms with Crippen LogP contribution in [0.15, 0.2) is 48.0 Å². The van der Waals surface area contributed by atoms with Crippen LogP contribution in [0, 0.1) is 6.92 Å². The fourth-order valence-electron chi connectivity index (χ4n) is 3.69. The summed E-state index contributed by atoms with van der Waals surface area (Å²) in [5, 5.41) is 4.02. The normalized spacial score (nSPS) is 14.3. The fourth-order valence-corrected chi connectivity index (χ4v) is 3.69. The quantitative estimate of drug-likeness (QED) is 0.273. The van der Waals surface area contributed by atoms with Crippen molar-refractivity contribution in [2.24, 2.45) is 0 Å². The third kappa shape index (κ3) is 6.62. The number of rotatable bonds is 12. The summed E-state index contributed by atoms with van der Waals surface area (Å²) in [5.74, 6) is 0.369. The maximum Gasteiger partial charge on any atom is 0.282 e. The van der Waals surface area contributed by atoms with Gasteiger partial charge in [-0.2, -0.15) is 0 Å². The number of amides is 3. The van der Waals surface area contributed by atoms with Crippen molar-refractivity contribution in [1.29, 1.82) is 0 Å². The molecule has 0 aliphatic carbocycles. The number of nitrogens with one attached hydrogen (secondary N) is 2. The molecule has 1 heterocycles. The Labute approximate surface area is 206 Å². The maximum atomic E-state index is 13.0. The number of benzene rings is 2. The van der Waals surface area contributed by atoms with E-state index in [1.54, 1.807) is 36.4 Å². The number of carbonyl (C=O) groups is 3. The van der Waals surface area contributed by atoms with Gasteiger partial charge < -0.3 is 14.8 Å². The summed E-state index contributed by atoms with van der Waals surface area (Å²) in [6.07, 6.45) is 4.25. The molecule has 1 aliphatic rings. The minimum atomic E-state index is -0.476. The Morgan fingerprint density at radius 1 is 1.03 bits per heavy atom. The van der Waals surface area contributed by atoms with Crippen LogP contribution < -0.4 is 25.2 Å². The minimum absolute atomic E-state index is 0.0246. The predicted molar refractivity (Wildman–Crippen MR) is 135 cm³/mol. The minimum Gasteiger partial charge on any atom is -0.493 e. The van der Waals surface area contributed by atoms with Crippen molar-refractivity contribution in [3.63, 3.8) is 0 Å². The van der Waals surface area contributed by atoms with Crippen LogP contribution >= 0.6 is 0 Å². The number of ether oxygens (including phenoxy) is 2. The lowest BCUT2D eigenvalue weighted by molar-refractivity contribution is -0.121. The molecule has 8 nitrogen and oxygen atoms in total. The first-order chi connectivity index (χ1) is 17.0. The van der Waals surface area contributed by atoms with E-state index in [2.05, 4.69) is 10.7 Å². The van der Waals surface area contributed by atoms with E-state index in [1.807, 2.05) is 32.9 Å². The number of anilines is 1. The number of hydrazine groups is 1. The summed E-state index contributed by atoms with van der Waals surface area (Å²) >= 11 is 0. The van der Waals surface area contributed by atoms with E-state index in [4.69, 9.17) is 9.47 Å². The van der Waals surface area contributed by atoms with Crippen LogP contribution in [0.2, 0.25) is 0 Å². The van der Waals surface area contributed by atoms with Crippen molar-refractivity contribution in [2.45, 2.75) is 46.5 Å². The number of carbonyl (C=O) groups excluding carboxylic acids is 3. The van der Waals surface area contributed by atoms with E-state index >= 15 is 0 Å². The molecule has 3 rings (SSSR count). The van der Waals surface area contributed by atoms with Gasteiger partial charge in [-0.25, -0.2) is 5.01 Å². The number of para-hydroxylation sites is 1. The van der Waals surface area contributed by atoms with Crippen molar-refractivity contribution >= 4 is 29.5 Å². The van der Waals surface area contributed by atoms with Gasteiger partial charge in [0, 0.05) is 24.1 Å². The van der Waals surface area contributed by atoms with Crippen molar-refractivity contribution < 1.29 is 23.9 Å². The van der Waals surface area contributed by atoms with Crippen LogP contribution in [0.3, 0.4) is 0 Å². The molecule has 2 N–H and O–H groups in total. The number of hydrogen-bond donors (Lipinski definition) is 2. The molecule has 0 spiro atoms. The smallest absolute Gasteiger partial charge is 0.282 e. The van der Waals surface area contributed by atoms with Gasteiger partial charge in [0.2, 0.25) is 5.91 Å². The molecular formula is C27H33N3O5. The number of hydrogen-bond acceptors (Lipinski definition) is 5. The fraction of sp³-hybridized carbons (Fsp3) is 0.370. The Balaban J connectivity index is 1.81. The summed E-state index contributed by atoms with van der Waals surface area (Å²) in [4.78, 5) is 37.3. The molecule has 0 saturated carbocycles. The van der Waals surface area contributed by atoms with Crippen LogP contribution in [0.25, 0.3) is 6.08 Å². The first-order valence-corrected chi connectivity index (χ1v) is 12.0. The van der Waals surface area contributed by atoms with Crippen LogP contribution in [-0.4, -0.2) is 37.5 Å². The van der Waals surface area contributed by atoms with Gasteiger partial charge in [-0.15, -0.1) is 0 Å². The summed E-state index contributed by atoms with van der Waals surface area (Å²) in [7, 11) is 0. The highest BCUT2D eigenvalue weighted by atomic mass is 16.5. The lowest BCUT2D eigenvalue weighted by Crippen LogP contribution is -2.35. The highest BCUT2D eigenvalue weighted by molar-refractivity contribution is 6.31. The molecule has 1 fully saturated rings. The van der Waals surface area contributed by atoms with E-state index in [0.29, 0.717) is 61.8 Å². The molecule has 0 aromatic heterocycles. The average Bonchev–Trinajstić information content (AvgIpc) is 3.14. The van der Waals surface area contributed by atoms with Crippen LogP contribution in [0.4, 0.5) is 5.69 Å². The van der Waals surface area contributed by atoms with E-state index < -0.39 is 11.8 Å². The van der Waals surface area contributed by atoms with E-state index in [1.165, 1.54) is 5.01 Å². The van der Waals surface area contributed by atoms with Gasteiger partial charge in [-0.1, -0.05) is 25.1 Å². The topological polar surface area (TPSA) is 97.0 Å². The van der Waals surface area contributed by atoms with E-state index in [0.717, 1.165) is 12.0 Å². The van der Waals surface area contributed by atoms with E-state index in [-0.39, 0.29) is 11.5 Å². The Bertz CT molecular complexity index is 1080. The van der Waals surface area contributed by atoms with Crippen LogP contribution in [0.1, 0.15) is 50.7 Å². The summed E-state index contributed by atoms with van der Waals surface area (Å²) < 4.78 is 12.0. The summed E-state index contributed by atoms with van der Waals surface area (Å²) in [5.41, 5.74) is 4.63. The zero-order valence-corrected chi connectivity index (χ0v) is 20.6. The first-order valence-electron chi connectivity index (χ1n) is 12.0. The third-order valence-corrected chi connectivity index (χ3v) is 5.47. The molecule has 3 amide bonds. The lowest BCUT2D eigenvalue weighted by Gasteiger charge is -2.16. The van der Waals surface area contributed by atoms with Crippen LogP contribution in [-0.2, 0) is 14.4 Å². The zero-order chi connectivity index (χ0) is 25.2. The third-order valence-electron chi connectivity index (χ3n) is 5.47. The highest BCUT2D eigenvalue weighted by Crippen LogP contribution is 2.34. The Hall–Kier alpha value is -3.81. The second kappa shape index (κ2) is 12.6. The van der Waals surface area contributed by atoms with Crippen molar-refractivity contribution in [3.05, 3.63) is 59.2 Å². The molecule has 0 bridgehead atoms. The molecule has 186 valence electrons. The highest BCUT2D eigenvalue weighted by Gasteiger charge is 2.34. The lowest BCUT2D eigenvalue weighted by atomic mass is 10.0. The summed E-state index contributed by atoms with van der Waals surface area (Å²) in [6.45, 7) is 7.39. The second-order valence-electron chi connectivity index (χ2n) is 8.19. The molecule has 1 aliphatic heterocycles. The van der Waals surface area contributed by atoms with Crippen LogP contribution in [0.5, 0.6) is 11.5 Å². The molecule has 2 aromatic rings. The first kappa shape index (κ1) is 25.8. The number of unbranched alkanes of at least 4 members (excludes halogenated alkanes) is 1. The Morgan fingerprint density at radius 2 is 1.80 bits per heavy atom. The molecule has 35 heavy (non-hydrogen) atoms. The molecule has 1 saturated heterocycles. The van der Waals surface area contributed by atoms with Gasteiger partial charge in [-0.3, -0.25) is 19.8 Å². The van der Waals surface area contributed by atoms with Gasteiger partial charge in [0.05, 0.1) is 18.9 Å². The molecule has 2 aromatic carbocycles. The summed E-state index contributed by atoms with van der Waals surface area (Å²) in [6, 6.07) is 12.6. The monoisotopic (exact) mass is 479 g/mol. The van der Waals surface area contributed by atoms with Crippen molar-refractivity contribution in [2.75, 3.05) is 24.8 Å². The van der Waals surface area contributed by atoms with E-state index in [9.17, 15) is 14.4 Å². The largest absolute Gasteiger partial charge is 0.493 e. The zero-order valence-electron chi connectivity index (χ0n) is 20.6.